The number of aliphatic hydroxyl groups is 5. The van der Waals surface area contributed by atoms with Crippen LogP contribution in [-0.4, -0.2) is 68.6 Å². The van der Waals surface area contributed by atoms with Gasteiger partial charge in [0.05, 0.1) is 30.8 Å². The third-order valence-corrected chi connectivity index (χ3v) is 8.56. The van der Waals surface area contributed by atoms with E-state index in [1.54, 1.807) is 17.0 Å². The van der Waals surface area contributed by atoms with E-state index in [9.17, 15) is 34.7 Å². The maximum atomic E-state index is 13.4. The Morgan fingerprint density at radius 1 is 0.857 bits per heavy atom. The van der Waals surface area contributed by atoms with Crippen LogP contribution < -0.4 is 4.90 Å². The van der Waals surface area contributed by atoms with Gasteiger partial charge in [0.1, 0.15) is 30.2 Å². The van der Waals surface area contributed by atoms with Gasteiger partial charge in [0.25, 0.3) is 0 Å². The molecule has 3 aromatic carbocycles. The van der Waals surface area contributed by atoms with E-state index >= 15 is 0 Å². The van der Waals surface area contributed by atoms with Crippen LogP contribution in [0.1, 0.15) is 53.7 Å². The number of carbonyl (C=O) groups excluding carboxylic acids is 1. The number of ether oxygens (including phenoxy) is 1. The topological polar surface area (TPSA) is 131 Å². The molecule has 3 aromatic rings. The molecule has 2 saturated heterocycles. The molecule has 8 nitrogen and oxygen atoms in total. The summed E-state index contributed by atoms with van der Waals surface area (Å²) in [5.74, 6) is -0.714. The minimum absolute atomic E-state index is 0.0122. The number of aliphatic hydroxyl groups excluding tert-OH is 5. The van der Waals surface area contributed by atoms with Crippen molar-refractivity contribution in [1.82, 2.24) is 0 Å². The van der Waals surface area contributed by atoms with E-state index in [1.165, 1.54) is 12.1 Å². The van der Waals surface area contributed by atoms with Gasteiger partial charge in [0, 0.05) is 5.69 Å². The molecule has 42 heavy (non-hydrogen) atoms. The first-order valence-corrected chi connectivity index (χ1v) is 14.4. The van der Waals surface area contributed by atoms with Gasteiger partial charge in [-0.15, -0.1) is 0 Å². The summed E-state index contributed by atoms with van der Waals surface area (Å²) < 4.78 is 18.9. The number of hydrogen-bond acceptors (Lipinski definition) is 7. The highest BCUT2D eigenvalue weighted by Gasteiger charge is 2.48. The van der Waals surface area contributed by atoms with E-state index in [0.29, 0.717) is 31.2 Å². The highest BCUT2D eigenvalue weighted by Crippen LogP contribution is 2.46. The number of rotatable bonds is 10. The van der Waals surface area contributed by atoms with E-state index in [-0.39, 0.29) is 23.7 Å². The zero-order valence-electron chi connectivity index (χ0n) is 23.5. The first kappa shape index (κ1) is 30.3. The van der Waals surface area contributed by atoms with Crippen molar-refractivity contribution in [2.45, 2.75) is 75.3 Å². The fourth-order valence-corrected chi connectivity index (χ4v) is 6.00. The molecule has 0 radical (unpaired) electrons. The largest absolute Gasteiger partial charge is 0.394 e. The number of halogens is 1. The SMILES string of the molecule is Cc1ccc(N2C(=O)[C@H](CC[C@H](O)c3ccc(F)cc3)[C@H]2c2ccc(CC[C@@H]3O[C@H](CO)[C@@H](O)[C@H](O)[C@H]3O)cc2)cc1. The van der Waals surface area contributed by atoms with Crippen molar-refractivity contribution in [3.8, 4) is 0 Å². The van der Waals surface area contributed by atoms with Gasteiger partial charge in [0.15, 0.2) is 0 Å². The second kappa shape index (κ2) is 13.0. The summed E-state index contributed by atoms with van der Waals surface area (Å²) in [6.07, 6.45) is -4.80. The van der Waals surface area contributed by atoms with Gasteiger partial charge in [-0.2, -0.15) is 0 Å². The van der Waals surface area contributed by atoms with Crippen LogP contribution in [0.5, 0.6) is 0 Å². The first-order valence-electron chi connectivity index (χ1n) is 14.4. The predicted molar refractivity (Wildman–Crippen MR) is 154 cm³/mol. The quantitative estimate of drug-likeness (QED) is 0.233. The summed E-state index contributed by atoms with van der Waals surface area (Å²) in [5, 5.41) is 50.6. The molecular weight excluding hydrogens is 541 g/mol. The monoisotopic (exact) mass is 579 g/mol. The summed E-state index contributed by atoms with van der Waals surface area (Å²) in [6.45, 7) is 1.53. The summed E-state index contributed by atoms with van der Waals surface area (Å²) >= 11 is 0. The molecule has 0 saturated carbocycles. The van der Waals surface area contributed by atoms with Gasteiger partial charge in [-0.25, -0.2) is 4.39 Å². The molecule has 0 aliphatic carbocycles. The van der Waals surface area contributed by atoms with Crippen molar-refractivity contribution in [3.63, 3.8) is 0 Å². The minimum atomic E-state index is -1.40. The lowest BCUT2D eigenvalue weighted by Gasteiger charge is -2.48. The number of nitrogens with zero attached hydrogens (tertiary/aromatic N) is 1. The van der Waals surface area contributed by atoms with E-state index in [4.69, 9.17) is 4.74 Å². The molecule has 0 spiro atoms. The second-order valence-electron chi connectivity index (χ2n) is 11.4. The van der Waals surface area contributed by atoms with Crippen molar-refractivity contribution in [2.75, 3.05) is 11.5 Å². The average molecular weight is 580 g/mol. The zero-order chi connectivity index (χ0) is 30.0. The Morgan fingerprint density at radius 3 is 2.14 bits per heavy atom. The third kappa shape index (κ3) is 6.27. The molecule has 0 unspecified atom stereocenters. The molecule has 8 atom stereocenters. The number of carbonyl (C=O) groups is 1. The summed E-state index contributed by atoms with van der Waals surface area (Å²) in [7, 11) is 0. The fourth-order valence-electron chi connectivity index (χ4n) is 6.00. The van der Waals surface area contributed by atoms with Gasteiger partial charge in [-0.1, -0.05) is 54.1 Å². The Kier molecular flexibility index (Phi) is 9.37. The fraction of sp³-hybridized carbons (Fsp3) is 0.424. The Bertz CT molecular complexity index is 1330. The van der Waals surface area contributed by atoms with Gasteiger partial charge in [0.2, 0.25) is 5.91 Å². The van der Waals surface area contributed by atoms with Crippen molar-refractivity contribution < 1.29 is 39.5 Å². The van der Waals surface area contributed by atoms with Crippen LogP contribution in [0, 0.1) is 18.7 Å². The molecular formula is C33H38FNO7. The Balaban J connectivity index is 1.29. The van der Waals surface area contributed by atoms with E-state index in [1.807, 2.05) is 55.5 Å². The Hall–Kier alpha value is -3.18. The normalized spacial score (nSPS) is 28.4. The second-order valence-corrected chi connectivity index (χ2v) is 11.4. The molecule has 224 valence electrons. The molecule has 9 heteroatoms. The Morgan fingerprint density at radius 2 is 1.50 bits per heavy atom. The molecule has 5 rings (SSSR count). The van der Waals surface area contributed by atoms with Crippen molar-refractivity contribution in [1.29, 1.82) is 0 Å². The number of amides is 1. The van der Waals surface area contributed by atoms with Crippen molar-refractivity contribution in [3.05, 3.63) is 101 Å². The third-order valence-electron chi connectivity index (χ3n) is 8.56. The molecule has 1 amide bonds. The Labute approximate surface area is 244 Å². The predicted octanol–water partition coefficient (Wildman–Crippen LogP) is 3.13. The van der Waals surface area contributed by atoms with E-state index < -0.39 is 43.2 Å². The van der Waals surface area contributed by atoms with E-state index in [2.05, 4.69) is 0 Å². The average Bonchev–Trinajstić information content (AvgIpc) is 3.00. The van der Waals surface area contributed by atoms with Crippen molar-refractivity contribution in [2.24, 2.45) is 5.92 Å². The van der Waals surface area contributed by atoms with Gasteiger partial charge in [-0.3, -0.25) is 4.79 Å². The van der Waals surface area contributed by atoms with Crippen LogP contribution in [0.25, 0.3) is 0 Å². The van der Waals surface area contributed by atoms with E-state index in [0.717, 1.165) is 22.4 Å². The number of hydrogen-bond donors (Lipinski definition) is 5. The molecule has 0 bridgehead atoms. The molecule has 5 N–H and O–H groups in total. The smallest absolute Gasteiger partial charge is 0.233 e. The lowest BCUT2D eigenvalue weighted by molar-refractivity contribution is -0.230. The van der Waals surface area contributed by atoms with Gasteiger partial charge in [-0.05, 0) is 73.6 Å². The van der Waals surface area contributed by atoms with Crippen LogP contribution in [0.2, 0.25) is 0 Å². The lowest BCUT2D eigenvalue weighted by Crippen LogP contribution is -2.58. The molecule has 2 aliphatic heterocycles. The highest BCUT2D eigenvalue weighted by molar-refractivity contribution is 6.03. The van der Waals surface area contributed by atoms with Crippen LogP contribution in [-0.2, 0) is 16.0 Å². The standard InChI is InChI=1S/C33H38FNO7/c1-19-2-13-24(14-3-19)35-29(25(33(35)41)15-16-26(37)21-9-11-23(34)12-10-21)22-7-4-20(5-8-22)6-17-27-30(38)32(40)31(39)28(18-36)42-27/h2-5,7-14,25-32,36-40H,6,15-18H2,1H3/t25-,26+,27+,28-,29-,30+,31-,32-/m1/s1. The summed E-state index contributed by atoms with van der Waals surface area (Å²) in [6, 6.07) is 21.2. The van der Waals surface area contributed by atoms with Crippen LogP contribution in [0.3, 0.4) is 0 Å². The van der Waals surface area contributed by atoms with Crippen LogP contribution >= 0.6 is 0 Å². The maximum absolute atomic E-state index is 13.4. The molecule has 2 heterocycles. The minimum Gasteiger partial charge on any atom is -0.394 e. The van der Waals surface area contributed by atoms with Gasteiger partial charge < -0.3 is 35.2 Å². The molecule has 2 aliphatic rings. The number of benzene rings is 3. The number of aryl methyl sites for hydroxylation is 2. The molecule has 2 fully saturated rings. The number of anilines is 1. The zero-order valence-corrected chi connectivity index (χ0v) is 23.5. The van der Waals surface area contributed by atoms with Crippen LogP contribution in [0.4, 0.5) is 10.1 Å². The summed E-state index contributed by atoms with van der Waals surface area (Å²) in [5.41, 5.74) is 4.42. The summed E-state index contributed by atoms with van der Waals surface area (Å²) in [4.78, 5) is 15.2. The highest BCUT2D eigenvalue weighted by atomic mass is 19.1. The number of β-lactam (4-membered cyclic amide) rings is 1. The first-order chi connectivity index (χ1) is 20.2. The molecule has 0 aromatic heterocycles. The van der Waals surface area contributed by atoms with Gasteiger partial charge >= 0.3 is 0 Å². The lowest BCUT2D eigenvalue weighted by atomic mass is 9.78. The van der Waals surface area contributed by atoms with Crippen molar-refractivity contribution >= 4 is 11.6 Å². The maximum Gasteiger partial charge on any atom is 0.233 e. The van der Waals surface area contributed by atoms with Crippen LogP contribution in [0.15, 0.2) is 72.8 Å².